The summed E-state index contributed by atoms with van der Waals surface area (Å²) in [6.07, 6.45) is 0.962. The molecule has 3 nitrogen and oxygen atoms in total. The molecule has 1 aromatic carbocycles. The normalized spacial score (nSPS) is 11.9. The fourth-order valence-electron chi connectivity index (χ4n) is 1.89. The van der Waals surface area contributed by atoms with Gasteiger partial charge >= 0.3 is 0 Å². The number of ether oxygens (including phenoxy) is 1. The van der Waals surface area contributed by atoms with Crippen molar-refractivity contribution in [2.45, 2.75) is 25.9 Å². The highest BCUT2D eigenvalue weighted by Gasteiger charge is 2.15. The molecule has 96 valence electrons. The number of methoxy groups -OCH3 is 1. The van der Waals surface area contributed by atoms with E-state index in [0.717, 1.165) is 18.7 Å². The van der Waals surface area contributed by atoms with Crippen LogP contribution in [0.25, 0.3) is 0 Å². The second-order valence-electron chi connectivity index (χ2n) is 5.15. The van der Waals surface area contributed by atoms with E-state index in [-0.39, 0.29) is 0 Å². The van der Waals surface area contributed by atoms with Gasteiger partial charge < -0.3 is 14.7 Å². The monoisotopic (exact) mass is 237 g/mol. The van der Waals surface area contributed by atoms with Crippen LogP contribution in [-0.2, 0) is 6.42 Å². The maximum absolute atomic E-state index is 9.71. The minimum Gasteiger partial charge on any atom is -0.497 e. The topological polar surface area (TPSA) is 32.7 Å². The van der Waals surface area contributed by atoms with Gasteiger partial charge in [-0.2, -0.15) is 0 Å². The number of hydrogen-bond acceptors (Lipinski definition) is 3. The van der Waals surface area contributed by atoms with Crippen LogP contribution in [-0.4, -0.2) is 42.9 Å². The first-order chi connectivity index (χ1) is 7.90. The predicted molar refractivity (Wildman–Crippen MR) is 70.5 cm³/mol. The van der Waals surface area contributed by atoms with Crippen molar-refractivity contribution < 1.29 is 9.84 Å². The number of nitrogens with zero attached hydrogens (tertiary/aromatic N) is 1. The second-order valence-corrected chi connectivity index (χ2v) is 5.15. The van der Waals surface area contributed by atoms with E-state index in [1.807, 2.05) is 33.0 Å². The molecule has 0 unspecified atom stereocenters. The maximum Gasteiger partial charge on any atom is 0.119 e. The van der Waals surface area contributed by atoms with Crippen LogP contribution in [0.15, 0.2) is 24.3 Å². The molecule has 0 heterocycles. The van der Waals surface area contributed by atoms with Crippen LogP contribution in [0, 0.1) is 0 Å². The molecule has 0 aliphatic rings. The summed E-state index contributed by atoms with van der Waals surface area (Å²) in [5, 5.41) is 9.71. The summed E-state index contributed by atoms with van der Waals surface area (Å²) >= 11 is 0. The van der Waals surface area contributed by atoms with E-state index in [1.54, 1.807) is 7.11 Å². The molecule has 0 aromatic heterocycles. The highest BCUT2D eigenvalue weighted by molar-refractivity contribution is 5.28. The molecule has 17 heavy (non-hydrogen) atoms. The van der Waals surface area contributed by atoms with E-state index in [9.17, 15) is 5.11 Å². The Morgan fingerprint density at radius 2 is 2.06 bits per heavy atom. The van der Waals surface area contributed by atoms with Crippen LogP contribution in [0.4, 0.5) is 0 Å². The molecule has 1 aromatic rings. The van der Waals surface area contributed by atoms with Crippen LogP contribution in [0.5, 0.6) is 5.75 Å². The van der Waals surface area contributed by atoms with Crippen molar-refractivity contribution in [2.24, 2.45) is 0 Å². The fraction of sp³-hybridized carbons (Fsp3) is 0.571. The Morgan fingerprint density at radius 1 is 1.35 bits per heavy atom. The van der Waals surface area contributed by atoms with Crippen molar-refractivity contribution in [3.05, 3.63) is 29.8 Å². The first-order valence-corrected chi connectivity index (χ1v) is 5.94. The molecular weight excluding hydrogens is 214 g/mol. The van der Waals surface area contributed by atoms with E-state index < -0.39 is 5.60 Å². The van der Waals surface area contributed by atoms with Gasteiger partial charge in [-0.25, -0.2) is 0 Å². The zero-order valence-corrected chi connectivity index (χ0v) is 11.2. The number of hydrogen-bond donors (Lipinski definition) is 1. The Bertz CT molecular complexity index is 344. The molecule has 0 aliphatic carbocycles. The van der Waals surface area contributed by atoms with Crippen molar-refractivity contribution >= 4 is 0 Å². The molecule has 0 saturated heterocycles. The third-order valence-corrected chi connectivity index (χ3v) is 2.57. The van der Waals surface area contributed by atoms with Crippen LogP contribution in [0.2, 0.25) is 0 Å². The highest BCUT2D eigenvalue weighted by Crippen LogP contribution is 2.13. The van der Waals surface area contributed by atoms with Gasteiger partial charge in [-0.05, 0) is 45.0 Å². The summed E-state index contributed by atoms with van der Waals surface area (Å²) in [7, 11) is 3.71. The number of likely N-dealkylation sites (N-methyl/N-ethyl adjacent to an activating group) is 1. The third-order valence-electron chi connectivity index (χ3n) is 2.57. The molecule has 0 radical (unpaired) electrons. The molecule has 0 bridgehead atoms. The average molecular weight is 237 g/mol. The molecule has 0 spiro atoms. The van der Waals surface area contributed by atoms with Gasteiger partial charge in [-0.15, -0.1) is 0 Å². The summed E-state index contributed by atoms with van der Waals surface area (Å²) in [6.45, 7) is 5.26. The Morgan fingerprint density at radius 3 is 2.65 bits per heavy atom. The van der Waals surface area contributed by atoms with Crippen molar-refractivity contribution in [1.82, 2.24) is 4.90 Å². The number of rotatable bonds is 6. The zero-order valence-electron chi connectivity index (χ0n) is 11.2. The van der Waals surface area contributed by atoms with E-state index in [0.29, 0.717) is 6.54 Å². The Kier molecular flexibility index (Phi) is 4.97. The van der Waals surface area contributed by atoms with Gasteiger partial charge in [0.2, 0.25) is 0 Å². The quantitative estimate of drug-likeness (QED) is 0.820. The van der Waals surface area contributed by atoms with Crippen molar-refractivity contribution in [2.75, 3.05) is 27.2 Å². The SMILES string of the molecule is COc1cccc(CCN(C)CC(C)(C)O)c1. The summed E-state index contributed by atoms with van der Waals surface area (Å²) in [4.78, 5) is 2.14. The number of aliphatic hydroxyl groups is 1. The first kappa shape index (κ1) is 14.0. The smallest absolute Gasteiger partial charge is 0.119 e. The van der Waals surface area contributed by atoms with Crippen molar-refractivity contribution in [1.29, 1.82) is 0 Å². The first-order valence-electron chi connectivity index (χ1n) is 5.94. The van der Waals surface area contributed by atoms with Crippen molar-refractivity contribution in [3.63, 3.8) is 0 Å². The summed E-state index contributed by atoms with van der Waals surface area (Å²) in [5.74, 6) is 0.896. The van der Waals surface area contributed by atoms with Crippen LogP contribution in [0.1, 0.15) is 19.4 Å². The molecular formula is C14H23NO2. The molecule has 3 heteroatoms. The summed E-state index contributed by atoms with van der Waals surface area (Å²) < 4.78 is 5.19. The van der Waals surface area contributed by atoms with Gasteiger partial charge in [0.25, 0.3) is 0 Å². The highest BCUT2D eigenvalue weighted by atomic mass is 16.5. The average Bonchev–Trinajstić information content (AvgIpc) is 2.24. The zero-order chi connectivity index (χ0) is 12.9. The molecule has 0 atom stereocenters. The van der Waals surface area contributed by atoms with E-state index in [4.69, 9.17) is 4.74 Å². The predicted octanol–water partition coefficient (Wildman–Crippen LogP) is 1.94. The molecule has 1 N–H and O–H groups in total. The molecule has 0 saturated carbocycles. The second kappa shape index (κ2) is 6.03. The largest absolute Gasteiger partial charge is 0.497 e. The van der Waals surface area contributed by atoms with Gasteiger partial charge in [-0.3, -0.25) is 0 Å². The van der Waals surface area contributed by atoms with Gasteiger partial charge in [0.15, 0.2) is 0 Å². The lowest BCUT2D eigenvalue weighted by molar-refractivity contribution is 0.0450. The van der Waals surface area contributed by atoms with Gasteiger partial charge in [0.1, 0.15) is 5.75 Å². The Hall–Kier alpha value is -1.06. The molecule has 0 amide bonds. The molecule has 0 fully saturated rings. The summed E-state index contributed by atoms with van der Waals surface area (Å²) in [6, 6.07) is 8.10. The van der Waals surface area contributed by atoms with Gasteiger partial charge in [0, 0.05) is 13.1 Å². The minimum absolute atomic E-state index is 0.636. The van der Waals surface area contributed by atoms with Crippen LogP contribution < -0.4 is 4.74 Å². The summed E-state index contributed by atoms with van der Waals surface area (Å²) in [5.41, 5.74) is 0.621. The van der Waals surface area contributed by atoms with Crippen molar-refractivity contribution in [3.8, 4) is 5.75 Å². The van der Waals surface area contributed by atoms with E-state index >= 15 is 0 Å². The lowest BCUT2D eigenvalue weighted by atomic mass is 10.1. The maximum atomic E-state index is 9.71. The standard InChI is InChI=1S/C14H23NO2/c1-14(2,16)11-15(3)9-8-12-6-5-7-13(10-12)17-4/h5-7,10,16H,8-9,11H2,1-4H3. The van der Waals surface area contributed by atoms with E-state index in [1.165, 1.54) is 5.56 Å². The Balaban J connectivity index is 2.44. The van der Waals surface area contributed by atoms with Gasteiger partial charge in [0.05, 0.1) is 12.7 Å². The minimum atomic E-state index is -0.636. The van der Waals surface area contributed by atoms with Crippen LogP contribution in [0.3, 0.4) is 0 Å². The molecule has 1 rings (SSSR count). The third kappa shape index (κ3) is 5.71. The lowest BCUT2D eigenvalue weighted by Gasteiger charge is -2.25. The van der Waals surface area contributed by atoms with Gasteiger partial charge in [-0.1, -0.05) is 12.1 Å². The van der Waals surface area contributed by atoms with E-state index in [2.05, 4.69) is 17.0 Å². The lowest BCUT2D eigenvalue weighted by Crippen LogP contribution is -2.37. The molecule has 0 aliphatic heterocycles. The number of benzene rings is 1. The Labute approximate surface area is 104 Å². The fourth-order valence-corrected chi connectivity index (χ4v) is 1.89. The van der Waals surface area contributed by atoms with Crippen LogP contribution >= 0.6 is 0 Å².